The van der Waals surface area contributed by atoms with Crippen molar-refractivity contribution in [3.8, 4) is 0 Å². The first kappa shape index (κ1) is 10.8. The molecule has 4 heteroatoms. The van der Waals surface area contributed by atoms with Gasteiger partial charge in [0.2, 0.25) is 0 Å². The van der Waals surface area contributed by atoms with Gasteiger partial charge in [0.15, 0.2) is 0 Å². The Hall–Kier alpha value is -0.700. The zero-order chi connectivity index (χ0) is 11.0. The number of rotatable bonds is 2. The van der Waals surface area contributed by atoms with E-state index in [1.807, 2.05) is 6.07 Å². The van der Waals surface area contributed by atoms with Crippen molar-refractivity contribution >= 4 is 34.1 Å². The summed E-state index contributed by atoms with van der Waals surface area (Å²) in [4.78, 5) is 3.30. The van der Waals surface area contributed by atoms with E-state index in [4.69, 9.17) is 23.2 Å². The molecule has 0 saturated carbocycles. The number of H-pyrrole nitrogens is 1. The van der Waals surface area contributed by atoms with Gasteiger partial charge in [-0.25, -0.2) is 0 Å². The molecule has 0 unspecified atom stereocenters. The predicted octanol–water partition coefficient (Wildman–Crippen LogP) is 2.57. The molecule has 0 aliphatic carbocycles. The first-order valence-corrected chi connectivity index (χ1v) is 5.64. The number of benzene rings is 1. The molecule has 0 spiro atoms. The standard InChI is InChI=1S/C11H12Cl2N2/c1-6-8(2-3-14)11-9(13)4-7(12)5-10(11)15-6/h4-5,15H,2-3,14H2,1H3/p+1. The van der Waals surface area contributed by atoms with E-state index >= 15 is 0 Å². The highest BCUT2D eigenvalue weighted by molar-refractivity contribution is 6.38. The van der Waals surface area contributed by atoms with E-state index in [0.29, 0.717) is 10.0 Å². The van der Waals surface area contributed by atoms with Gasteiger partial charge in [-0.2, -0.15) is 0 Å². The van der Waals surface area contributed by atoms with Crippen LogP contribution in [0.2, 0.25) is 10.0 Å². The van der Waals surface area contributed by atoms with Gasteiger partial charge in [-0.1, -0.05) is 23.2 Å². The second-order valence-electron chi connectivity index (χ2n) is 3.64. The summed E-state index contributed by atoms with van der Waals surface area (Å²) in [5.74, 6) is 0. The van der Waals surface area contributed by atoms with Crippen LogP contribution in [0.15, 0.2) is 12.1 Å². The summed E-state index contributed by atoms with van der Waals surface area (Å²) in [5.41, 5.74) is 7.28. The van der Waals surface area contributed by atoms with E-state index in [2.05, 4.69) is 17.6 Å². The van der Waals surface area contributed by atoms with E-state index in [0.717, 1.165) is 29.6 Å². The lowest BCUT2D eigenvalue weighted by atomic mass is 10.1. The molecule has 0 atom stereocenters. The van der Waals surface area contributed by atoms with E-state index < -0.39 is 0 Å². The number of aromatic amines is 1. The predicted molar refractivity (Wildman–Crippen MR) is 64.5 cm³/mol. The number of aryl methyl sites for hydroxylation is 1. The van der Waals surface area contributed by atoms with Crippen molar-refractivity contribution in [3.05, 3.63) is 33.4 Å². The lowest BCUT2D eigenvalue weighted by molar-refractivity contribution is -0.366. The third kappa shape index (κ3) is 1.85. The van der Waals surface area contributed by atoms with Crippen molar-refractivity contribution in [1.29, 1.82) is 0 Å². The van der Waals surface area contributed by atoms with E-state index in [-0.39, 0.29) is 0 Å². The molecule has 0 aliphatic heterocycles. The van der Waals surface area contributed by atoms with Gasteiger partial charge in [0.05, 0.1) is 11.6 Å². The zero-order valence-corrected chi connectivity index (χ0v) is 10.0. The van der Waals surface area contributed by atoms with Gasteiger partial charge in [-0.15, -0.1) is 0 Å². The van der Waals surface area contributed by atoms with Crippen molar-refractivity contribution in [2.75, 3.05) is 6.54 Å². The molecular weight excluding hydrogens is 231 g/mol. The third-order valence-electron chi connectivity index (χ3n) is 2.56. The molecule has 2 nitrogen and oxygen atoms in total. The van der Waals surface area contributed by atoms with Gasteiger partial charge < -0.3 is 10.7 Å². The Balaban J connectivity index is 2.75. The van der Waals surface area contributed by atoms with Gasteiger partial charge in [0, 0.05) is 28.0 Å². The largest absolute Gasteiger partial charge is 0.358 e. The molecule has 1 heterocycles. The van der Waals surface area contributed by atoms with Crippen LogP contribution >= 0.6 is 23.2 Å². The normalized spacial score (nSPS) is 11.2. The average Bonchev–Trinajstić information content (AvgIpc) is 2.43. The van der Waals surface area contributed by atoms with Gasteiger partial charge >= 0.3 is 0 Å². The highest BCUT2D eigenvalue weighted by Crippen LogP contribution is 2.32. The summed E-state index contributed by atoms with van der Waals surface area (Å²) in [5, 5.41) is 2.46. The van der Waals surface area contributed by atoms with Crippen molar-refractivity contribution < 1.29 is 5.73 Å². The Labute approximate surface area is 98.4 Å². The van der Waals surface area contributed by atoms with Gasteiger partial charge in [-0.3, -0.25) is 0 Å². The number of halogens is 2. The fraction of sp³-hybridized carbons (Fsp3) is 0.273. The summed E-state index contributed by atoms with van der Waals surface area (Å²) >= 11 is 12.1. The zero-order valence-electron chi connectivity index (χ0n) is 8.53. The van der Waals surface area contributed by atoms with Crippen molar-refractivity contribution in [2.24, 2.45) is 0 Å². The monoisotopic (exact) mass is 243 g/mol. The first-order valence-electron chi connectivity index (χ1n) is 4.89. The number of aromatic nitrogens is 1. The number of fused-ring (bicyclic) bond motifs is 1. The molecule has 0 amide bonds. The first-order chi connectivity index (χ1) is 7.13. The van der Waals surface area contributed by atoms with Crippen molar-refractivity contribution in [3.63, 3.8) is 0 Å². The van der Waals surface area contributed by atoms with Crippen LogP contribution in [0.4, 0.5) is 0 Å². The molecule has 1 aromatic carbocycles. The molecule has 80 valence electrons. The smallest absolute Gasteiger partial charge is 0.0781 e. The molecule has 1 aromatic heterocycles. The van der Waals surface area contributed by atoms with E-state index in [1.165, 1.54) is 5.56 Å². The topological polar surface area (TPSA) is 43.4 Å². The van der Waals surface area contributed by atoms with Crippen molar-refractivity contribution in [1.82, 2.24) is 4.98 Å². The molecular formula is C11H13Cl2N2+. The second kappa shape index (κ2) is 4.05. The highest BCUT2D eigenvalue weighted by Gasteiger charge is 2.12. The molecule has 0 bridgehead atoms. The summed E-state index contributed by atoms with van der Waals surface area (Å²) in [6.07, 6.45) is 0.938. The Morgan fingerprint density at radius 1 is 1.33 bits per heavy atom. The average molecular weight is 244 g/mol. The maximum absolute atomic E-state index is 6.19. The number of hydrogen-bond donors (Lipinski definition) is 2. The molecule has 2 rings (SSSR count). The van der Waals surface area contributed by atoms with Crippen LogP contribution in [0.3, 0.4) is 0 Å². The van der Waals surface area contributed by atoms with E-state index in [9.17, 15) is 0 Å². The minimum Gasteiger partial charge on any atom is -0.358 e. The second-order valence-corrected chi connectivity index (χ2v) is 4.49. The number of nitrogens with one attached hydrogen (secondary N) is 1. The molecule has 0 fully saturated rings. The lowest BCUT2D eigenvalue weighted by Gasteiger charge is -2.00. The lowest BCUT2D eigenvalue weighted by Crippen LogP contribution is -2.51. The van der Waals surface area contributed by atoms with Crippen LogP contribution in [-0.2, 0) is 6.42 Å². The summed E-state index contributed by atoms with van der Waals surface area (Å²) < 4.78 is 0. The minimum atomic E-state index is 0.662. The number of quaternary nitrogens is 1. The van der Waals surface area contributed by atoms with Gasteiger partial charge in [-0.05, 0) is 24.6 Å². The maximum Gasteiger partial charge on any atom is 0.0781 e. The quantitative estimate of drug-likeness (QED) is 0.815. The Morgan fingerprint density at radius 3 is 2.73 bits per heavy atom. The van der Waals surface area contributed by atoms with Crippen LogP contribution in [-0.4, -0.2) is 11.5 Å². The fourth-order valence-electron chi connectivity index (χ4n) is 1.93. The third-order valence-corrected chi connectivity index (χ3v) is 3.07. The molecule has 0 saturated heterocycles. The summed E-state index contributed by atoms with van der Waals surface area (Å²) in [6.45, 7) is 2.92. The van der Waals surface area contributed by atoms with Crippen LogP contribution < -0.4 is 5.73 Å². The maximum atomic E-state index is 6.19. The van der Waals surface area contributed by atoms with Crippen LogP contribution in [0.5, 0.6) is 0 Å². The number of hydrogen-bond acceptors (Lipinski definition) is 0. The van der Waals surface area contributed by atoms with Crippen molar-refractivity contribution in [2.45, 2.75) is 13.3 Å². The Bertz CT molecular complexity index is 503. The van der Waals surface area contributed by atoms with Gasteiger partial charge in [0.1, 0.15) is 0 Å². The molecule has 0 aliphatic rings. The van der Waals surface area contributed by atoms with Crippen LogP contribution in [0.1, 0.15) is 11.3 Å². The SMILES string of the molecule is Cc1[nH]c2cc(Cl)cc(Cl)c2c1CC[NH3+]. The van der Waals surface area contributed by atoms with Crippen LogP contribution in [0, 0.1) is 6.92 Å². The molecule has 2 aromatic rings. The van der Waals surface area contributed by atoms with Crippen LogP contribution in [0.25, 0.3) is 10.9 Å². The molecule has 15 heavy (non-hydrogen) atoms. The fourth-order valence-corrected chi connectivity index (χ4v) is 2.54. The highest BCUT2D eigenvalue weighted by atomic mass is 35.5. The summed E-state index contributed by atoms with van der Waals surface area (Å²) in [6, 6.07) is 3.69. The minimum absolute atomic E-state index is 0.662. The van der Waals surface area contributed by atoms with Gasteiger partial charge in [0.25, 0.3) is 0 Å². The Morgan fingerprint density at radius 2 is 2.07 bits per heavy atom. The molecule has 4 N–H and O–H groups in total. The summed E-state index contributed by atoms with van der Waals surface area (Å²) in [7, 11) is 0. The van der Waals surface area contributed by atoms with E-state index in [1.54, 1.807) is 6.07 Å². The molecule has 0 radical (unpaired) electrons. The Kier molecular flexibility index (Phi) is 2.91.